The number of nitrogens with one attached hydrogen (secondary N) is 1. The number of anilines is 1. The molecule has 1 N–H and O–H groups in total. The van der Waals surface area contributed by atoms with E-state index in [1.807, 2.05) is 51.3 Å². The van der Waals surface area contributed by atoms with Crippen molar-refractivity contribution >= 4 is 28.2 Å². The summed E-state index contributed by atoms with van der Waals surface area (Å²) in [4.78, 5) is 25.3. The Morgan fingerprint density at radius 1 is 1.00 bits per heavy atom. The van der Waals surface area contributed by atoms with E-state index in [1.165, 1.54) is 18.4 Å². The van der Waals surface area contributed by atoms with Crippen LogP contribution in [0.5, 0.6) is 5.75 Å². The maximum absolute atomic E-state index is 12.8. The lowest BCUT2D eigenvalue weighted by Gasteiger charge is -2.11. The first kappa shape index (κ1) is 21.6. The molecule has 1 heterocycles. The van der Waals surface area contributed by atoms with E-state index in [0.29, 0.717) is 21.9 Å². The highest BCUT2D eigenvalue weighted by atomic mass is 32.1. The Balaban J connectivity index is 1.92. The van der Waals surface area contributed by atoms with Crippen molar-refractivity contribution in [2.45, 2.75) is 33.8 Å². The second kappa shape index (κ2) is 9.13. The molecule has 0 aliphatic heterocycles. The molecule has 5 nitrogen and oxygen atoms in total. The predicted octanol–water partition coefficient (Wildman–Crippen LogP) is 5.86. The largest absolute Gasteiger partial charge is 0.491 e. The molecular weight excluding hydrogens is 398 g/mol. The zero-order valence-electron chi connectivity index (χ0n) is 17.7. The van der Waals surface area contributed by atoms with Crippen molar-refractivity contribution < 1.29 is 19.1 Å². The van der Waals surface area contributed by atoms with Crippen LogP contribution in [0.1, 0.15) is 45.7 Å². The van der Waals surface area contributed by atoms with Crippen LogP contribution in [0.3, 0.4) is 0 Å². The van der Waals surface area contributed by atoms with Gasteiger partial charge in [-0.05, 0) is 63.1 Å². The van der Waals surface area contributed by atoms with Gasteiger partial charge in [0.05, 0.1) is 13.2 Å². The van der Waals surface area contributed by atoms with E-state index in [9.17, 15) is 9.59 Å². The molecule has 0 bridgehead atoms. The topological polar surface area (TPSA) is 64.6 Å². The molecule has 0 atom stereocenters. The fraction of sp³-hybridized carbons (Fsp3) is 0.250. The van der Waals surface area contributed by atoms with Gasteiger partial charge in [0.1, 0.15) is 16.3 Å². The summed E-state index contributed by atoms with van der Waals surface area (Å²) in [6.45, 7) is 7.88. The lowest BCUT2D eigenvalue weighted by Crippen LogP contribution is -2.14. The molecule has 3 rings (SSSR count). The van der Waals surface area contributed by atoms with Crippen LogP contribution in [0.4, 0.5) is 5.00 Å². The van der Waals surface area contributed by atoms with Crippen LogP contribution in [-0.2, 0) is 4.74 Å². The molecule has 1 amide bonds. The van der Waals surface area contributed by atoms with Gasteiger partial charge in [-0.15, -0.1) is 11.3 Å². The van der Waals surface area contributed by atoms with E-state index >= 15 is 0 Å². The van der Waals surface area contributed by atoms with E-state index in [2.05, 4.69) is 5.32 Å². The minimum absolute atomic E-state index is 0.0573. The Morgan fingerprint density at radius 2 is 1.70 bits per heavy atom. The third-order valence-electron chi connectivity index (χ3n) is 4.58. The van der Waals surface area contributed by atoms with Crippen LogP contribution in [0, 0.1) is 13.8 Å². The van der Waals surface area contributed by atoms with Crippen LogP contribution in [0.15, 0.2) is 47.8 Å². The Bertz CT molecular complexity index is 1070. The molecule has 30 heavy (non-hydrogen) atoms. The predicted molar refractivity (Wildman–Crippen MR) is 121 cm³/mol. The number of esters is 1. The van der Waals surface area contributed by atoms with Crippen LogP contribution < -0.4 is 10.1 Å². The van der Waals surface area contributed by atoms with E-state index in [-0.39, 0.29) is 12.0 Å². The number of hydrogen-bond donors (Lipinski definition) is 1. The molecule has 0 radical (unpaired) electrons. The summed E-state index contributed by atoms with van der Waals surface area (Å²) in [6.07, 6.45) is 0.0573. The zero-order valence-corrected chi connectivity index (χ0v) is 18.6. The first-order chi connectivity index (χ1) is 14.3. The quantitative estimate of drug-likeness (QED) is 0.505. The van der Waals surface area contributed by atoms with Gasteiger partial charge in [-0.3, -0.25) is 4.79 Å². The maximum atomic E-state index is 12.8. The fourth-order valence-corrected chi connectivity index (χ4v) is 4.05. The number of rotatable bonds is 6. The molecule has 0 spiro atoms. The summed E-state index contributed by atoms with van der Waals surface area (Å²) in [5.74, 6) is -0.0844. The van der Waals surface area contributed by atoms with Gasteiger partial charge in [0.2, 0.25) is 0 Å². The molecule has 156 valence electrons. The summed E-state index contributed by atoms with van der Waals surface area (Å²) in [6, 6.07) is 13.0. The van der Waals surface area contributed by atoms with Crippen molar-refractivity contribution in [3.8, 4) is 16.9 Å². The summed E-state index contributed by atoms with van der Waals surface area (Å²) < 4.78 is 10.6. The number of hydrogen-bond acceptors (Lipinski definition) is 5. The van der Waals surface area contributed by atoms with Gasteiger partial charge >= 0.3 is 5.97 Å². The normalized spacial score (nSPS) is 10.7. The van der Waals surface area contributed by atoms with Crippen LogP contribution in [0.25, 0.3) is 11.1 Å². The summed E-state index contributed by atoms with van der Waals surface area (Å²) in [5, 5.41) is 5.21. The van der Waals surface area contributed by atoms with Crippen molar-refractivity contribution in [1.29, 1.82) is 0 Å². The number of benzene rings is 2. The number of methoxy groups -OCH3 is 1. The van der Waals surface area contributed by atoms with E-state index in [0.717, 1.165) is 22.3 Å². The van der Waals surface area contributed by atoms with Gasteiger partial charge in [-0.25, -0.2) is 4.79 Å². The molecule has 0 aliphatic carbocycles. The fourth-order valence-electron chi connectivity index (χ4n) is 3.11. The number of thiophene rings is 1. The van der Waals surface area contributed by atoms with Gasteiger partial charge in [0, 0.05) is 16.5 Å². The first-order valence-electron chi connectivity index (χ1n) is 9.65. The summed E-state index contributed by atoms with van der Waals surface area (Å²) >= 11 is 1.31. The number of aryl methyl sites for hydroxylation is 2. The molecule has 0 saturated heterocycles. The average molecular weight is 424 g/mol. The molecule has 2 aromatic carbocycles. The van der Waals surface area contributed by atoms with E-state index in [4.69, 9.17) is 9.47 Å². The van der Waals surface area contributed by atoms with Gasteiger partial charge in [-0.1, -0.05) is 23.8 Å². The Kier molecular flexibility index (Phi) is 6.57. The van der Waals surface area contributed by atoms with Gasteiger partial charge in [0.25, 0.3) is 5.91 Å². The monoisotopic (exact) mass is 423 g/mol. The van der Waals surface area contributed by atoms with Crippen molar-refractivity contribution in [1.82, 2.24) is 0 Å². The van der Waals surface area contributed by atoms with Gasteiger partial charge in [-0.2, -0.15) is 0 Å². The standard InChI is InChI=1S/C24H25NO4S/c1-14(2)29-18-10-8-17(9-11-18)22(26)25-23-21(24(27)28-5)20(13-30-23)19-12-15(3)6-7-16(19)4/h6-14H,1-5H3,(H,25,26). The highest BCUT2D eigenvalue weighted by molar-refractivity contribution is 7.15. The molecule has 0 saturated carbocycles. The lowest BCUT2D eigenvalue weighted by atomic mass is 9.97. The van der Waals surface area contributed by atoms with Crippen molar-refractivity contribution in [3.63, 3.8) is 0 Å². The minimum Gasteiger partial charge on any atom is -0.491 e. The van der Waals surface area contributed by atoms with Crippen LogP contribution in [0.2, 0.25) is 0 Å². The third-order valence-corrected chi connectivity index (χ3v) is 5.47. The number of carbonyl (C=O) groups excluding carboxylic acids is 2. The molecular formula is C24H25NO4S. The van der Waals surface area contributed by atoms with E-state index in [1.54, 1.807) is 24.3 Å². The number of amides is 1. The molecule has 1 aromatic heterocycles. The van der Waals surface area contributed by atoms with Crippen molar-refractivity contribution in [2.24, 2.45) is 0 Å². The Labute approximate surface area is 180 Å². The number of ether oxygens (including phenoxy) is 2. The van der Waals surface area contributed by atoms with Crippen LogP contribution in [-0.4, -0.2) is 25.1 Å². The van der Waals surface area contributed by atoms with Crippen molar-refractivity contribution in [2.75, 3.05) is 12.4 Å². The second-order valence-corrected chi connectivity index (χ2v) is 8.19. The van der Waals surface area contributed by atoms with E-state index < -0.39 is 5.97 Å². The van der Waals surface area contributed by atoms with Crippen molar-refractivity contribution in [3.05, 3.63) is 70.1 Å². The average Bonchev–Trinajstić information content (AvgIpc) is 3.12. The maximum Gasteiger partial charge on any atom is 0.341 e. The SMILES string of the molecule is COC(=O)c1c(-c2cc(C)ccc2C)csc1NC(=O)c1ccc(OC(C)C)cc1. The zero-order chi connectivity index (χ0) is 21.8. The smallest absolute Gasteiger partial charge is 0.341 e. The summed E-state index contributed by atoms with van der Waals surface area (Å²) in [7, 11) is 1.34. The Morgan fingerprint density at radius 3 is 2.33 bits per heavy atom. The molecule has 6 heteroatoms. The molecule has 3 aromatic rings. The molecule has 0 unspecified atom stereocenters. The lowest BCUT2D eigenvalue weighted by molar-refractivity contribution is 0.0603. The van der Waals surface area contributed by atoms with Crippen LogP contribution >= 0.6 is 11.3 Å². The Hall–Kier alpha value is -3.12. The van der Waals surface area contributed by atoms with Gasteiger partial charge in [0.15, 0.2) is 0 Å². The first-order valence-corrected chi connectivity index (χ1v) is 10.5. The third kappa shape index (κ3) is 4.71. The summed E-state index contributed by atoms with van der Waals surface area (Å²) in [5.41, 5.74) is 4.67. The molecule has 0 fully saturated rings. The highest BCUT2D eigenvalue weighted by Gasteiger charge is 2.23. The highest BCUT2D eigenvalue weighted by Crippen LogP contribution is 2.38. The number of carbonyl (C=O) groups is 2. The van der Waals surface area contributed by atoms with Gasteiger partial charge < -0.3 is 14.8 Å². The second-order valence-electron chi connectivity index (χ2n) is 7.31. The minimum atomic E-state index is -0.483. The molecule has 0 aliphatic rings.